The summed E-state index contributed by atoms with van der Waals surface area (Å²) in [4.78, 5) is 0. The average molecular weight is 180 g/mol. The van der Waals surface area contributed by atoms with Crippen LogP contribution in [0.3, 0.4) is 0 Å². The van der Waals surface area contributed by atoms with E-state index in [0.717, 1.165) is 23.5 Å². The molecule has 0 N–H and O–H groups in total. The van der Waals surface area contributed by atoms with Crippen molar-refractivity contribution in [3.05, 3.63) is 23.3 Å². The number of hydrogen-bond donors (Lipinski definition) is 0. The molecule has 0 unspecified atom stereocenters. The highest BCUT2D eigenvalue weighted by atomic mass is 16.5. The van der Waals surface area contributed by atoms with E-state index in [0.29, 0.717) is 0 Å². The summed E-state index contributed by atoms with van der Waals surface area (Å²) >= 11 is 0. The van der Waals surface area contributed by atoms with Crippen LogP contribution in [0, 0.1) is 6.92 Å². The molecule has 0 amide bonds. The first-order valence-electron chi connectivity index (χ1n) is 4.44. The van der Waals surface area contributed by atoms with Gasteiger partial charge in [-0.2, -0.15) is 0 Å². The van der Waals surface area contributed by atoms with Crippen molar-refractivity contribution in [2.45, 2.75) is 20.3 Å². The fourth-order valence-electron chi connectivity index (χ4n) is 1.42. The van der Waals surface area contributed by atoms with Crippen molar-refractivity contribution in [2.75, 3.05) is 14.2 Å². The summed E-state index contributed by atoms with van der Waals surface area (Å²) in [7, 11) is 3.36. The Bertz CT molecular complexity index is 292. The van der Waals surface area contributed by atoms with Crippen molar-refractivity contribution in [3.63, 3.8) is 0 Å². The molecule has 0 aromatic heterocycles. The molecule has 0 atom stereocenters. The Morgan fingerprint density at radius 1 is 1.08 bits per heavy atom. The standard InChI is InChI=1S/C11H16O2/c1-5-9-6-8(2)10(12-3)7-11(9)13-4/h6-7H,5H2,1-4H3. The molecule has 0 fully saturated rings. The Balaban J connectivity index is 3.18. The summed E-state index contributed by atoms with van der Waals surface area (Å²) in [6.07, 6.45) is 0.980. The topological polar surface area (TPSA) is 18.5 Å². The van der Waals surface area contributed by atoms with E-state index in [9.17, 15) is 0 Å². The minimum atomic E-state index is 0.883. The van der Waals surface area contributed by atoms with Crippen LogP contribution in [0.5, 0.6) is 11.5 Å². The van der Waals surface area contributed by atoms with Crippen molar-refractivity contribution in [1.82, 2.24) is 0 Å². The van der Waals surface area contributed by atoms with Gasteiger partial charge in [-0.15, -0.1) is 0 Å². The second-order valence-electron chi connectivity index (χ2n) is 2.99. The van der Waals surface area contributed by atoms with Crippen LogP contribution >= 0.6 is 0 Å². The molecule has 1 aromatic carbocycles. The van der Waals surface area contributed by atoms with Crippen molar-refractivity contribution >= 4 is 0 Å². The van der Waals surface area contributed by atoms with Crippen LogP contribution in [0.15, 0.2) is 12.1 Å². The van der Waals surface area contributed by atoms with Crippen LogP contribution < -0.4 is 9.47 Å². The first-order chi connectivity index (χ1) is 6.22. The minimum absolute atomic E-state index is 0.883. The Morgan fingerprint density at radius 2 is 1.69 bits per heavy atom. The largest absolute Gasteiger partial charge is 0.496 e. The second kappa shape index (κ2) is 4.17. The lowest BCUT2D eigenvalue weighted by Gasteiger charge is -2.11. The van der Waals surface area contributed by atoms with E-state index in [1.54, 1.807) is 14.2 Å². The van der Waals surface area contributed by atoms with Crippen LogP contribution in [0.2, 0.25) is 0 Å². The zero-order chi connectivity index (χ0) is 9.84. The third-order valence-corrected chi connectivity index (χ3v) is 2.18. The van der Waals surface area contributed by atoms with Gasteiger partial charge >= 0.3 is 0 Å². The van der Waals surface area contributed by atoms with Gasteiger partial charge in [-0.05, 0) is 30.5 Å². The fraction of sp³-hybridized carbons (Fsp3) is 0.455. The Kier molecular flexibility index (Phi) is 3.18. The lowest BCUT2D eigenvalue weighted by atomic mass is 10.1. The van der Waals surface area contributed by atoms with Gasteiger partial charge in [0.25, 0.3) is 0 Å². The monoisotopic (exact) mass is 180 g/mol. The van der Waals surface area contributed by atoms with Gasteiger partial charge in [-0.25, -0.2) is 0 Å². The maximum absolute atomic E-state index is 5.25. The summed E-state index contributed by atoms with van der Waals surface area (Å²) in [5.74, 6) is 1.79. The van der Waals surface area contributed by atoms with Crippen LogP contribution in [-0.4, -0.2) is 14.2 Å². The summed E-state index contributed by atoms with van der Waals surface area (Å²) in [5.41, 5.74) is 2.38. The third kappa shape index (κ3) is 1.94. The zero-order valence-electron chi connectivity index (χ0n) is 8.68. The molecule has 13 heavy (non-hydrogen) atoms. The van der Waals surface area contributed by atoms with Crippen molar-refractivity contribution < 1.29 is 9.47 Å². The van der Waals surface area contributed by atoms with Gasteiger partial charge in [0.1, 0.15) is 11.5 Å². The molecule has 0 spiro atoms. The number of ether oxygens (including phenoxy) is 2. The molecular weight excluding hydrogens is 164 g/mol. The van der Waals surface area contributed by atoms with Crippen molar-refractivity contribution in [1.29, 1.82) is 0 Å². The van der Waals surface area contributed by atoms with E-state index in [1.807, 2.05) is 13.0 Å². The smallest absolute Gasteiger partial charge is 0.125 e. The van der Waals surface area contributed by atoms with E-state index in [2.05, 4.69) is 13.0 Å². The highest BCUT2D eigenvalue weighted by Gasteiger charge is 2.06. The second-order valence-corrected chi connectivity index (χ2v) is 2.99. The fourth-order valence-corrected chi connectivity index (χ4v) is 1.42. The van der Waals surface area contributed by atoms with E-state index in [4.69, 9.17) is 9.47 Å². The van der Waals surface area contributed by atoms with E-state index >= 15 is 0 Å². The van der Waals surface area contributed by atoms with E-state index in [1.165, 1.54) is 5.56 Å². The molecule has 2 nitrogen and oxygen atoms in total. The molecule has 0 saturated carbocycles. The first-order valence-corrected chi connectivity index (χ1v) is 4.44. The minimum Gasteiger partial charge on any atom is -0.496 e. The molecule has 0 heterocycles. The summed E-state index contributed by atoms with van der Waals surface area (Å²) < 4.78 is 10.5. The Morgan fingerprint density at radius 3 is 2.15 bits per heavy atom. The molecule has 1 aromatic rings. The lowest BCUT2D eigenvalue weighted by molar-refractivity contribution is 0.389. The molecule has 2 heteroatoms. The predicted molar refractivity (Wildman–Crippen MR) is 53.7 cm³/mol. The van der Waals surface area contributed by atoms with Gasteiger partial charge in [0.2, 0.25) is 0 Å². The normalized spacial score (nSPS) is 9.85. The SMILES string of the molecule is CCc1cc(C)c(OC)cc1OC. The number of methoxy groups -OCH3 is 2. The van der Waals surface area contributed by atoms with Gasteiger partial charge in [-0.1, -0.05) is 6.92 Å². The lowest BCUT2D eigenvalue weighted by Crippen LogP contribution is -1.94. The number of benzene rings is 1. The Labute approximate surface area is 79.5 Å². The van der Waals surface area contributed by atoms with Crippen LogP contribution in [0.4, 0.5) is 0 Å². The number of rotatable bonds is 3. The molecule has 1 rings (SSSR count). The van der Waals surface area contributed by atoms with E-state index < -0.39 is 0 Å². The van der Waals surface area contributed by atoms with Crippen molar-refractivity contribution in [3.8, 4) is 11.5 Å². The molecule has 0 aliphatic heterocycles. The number of hydrogen-bond acceptors (Lipinski definition) is 2. The highest BCUT2D eigenvalue weighted by molar-refractivity contribution is 5.45. The maximum Gasteiger partial charge on any atom is 0.125 e. The van der Waals surface area contributed by atoms with Gasteiger partial charge in [0.05, 0.1) is 14.2 Å². The third-order valence-electron chi connectivity index (χ3n) is 2.18. The maximum atomic E-state index is 5.25. The van der Waals surface area contributed by atoms with Crippen molar-refractivity contribution in [2.24, 2.45) is 0 Å². The van der Waals surface area contributed by atoms with E-state index in [-0.39, 0.29) is 0 Å². The summed E-state index contributed by atoms with van der Waals surface area (Å²) in [6.45, 7) is 4.15. The molecule has 0 radical (unpaired) electrons. The van der Waals surface area contributed by atoms with Crippen LogP contribution in [0.1, 0.15) is 18.1 Å². The molecule has 0 aliphatic carbocycles. The van der Waals surface area contributed by atoms with Gasteiger partial charge < -0.3 is 9.47 Å². The molecular formula is C11H16O2. The zero-order valence-corrected chi connectivity index (χ0v) is 8.68. The first kappa shape index (κ1) is 9.90. The Hall–Kier alpha value is -1.18. The quantitative estimate of drug-likeness (QED) is 0.711. The number of aryl methyl sites for hydroxylation is 2. The summed E-state index contributed by atoms with van der Waals surface area (Å²) in [6, 6.07) is 4.05. The average Bonchev–Trinajstić information content (AvgIpc) is 2.17. The summed E-state index contributed by atoms with van der Waals surface area (Å²) in [5, 5.41) is 0. The van der Waals surface area contributed by atoms with Gasteiger partial charge in [0, 0.05) is 6.07 Å². The van der Waals surface area contributed by atoms with Crippen LogP contribution in [-0.2, 0) is 6.42 Å². The molecule has 0 bridgehead atoms. The predicted octanol–water partition coefficient (Wildman–Crippen LogP) is 2.57. The molecule has 72 valence electrons. The highest BCUT2D eigenvalue weighted by Crippen LogP contribution is 2.28. The molecule has 0 aliphatic rings. The van der Waals surface area contributed by atoms with Crippen LogP contribution in [0.25, 0.3) is 0 Å². The molecule has 0 saturated heterocycles. The van der Waals surface area contributed by atoms with Gasteiger partial charge in [0.15, 0.2) is 0 Å². The van der Waals surface area contributed by atoms with Gasteiger partial charge in [-0.3, -0.25) is 0 Å².